The Hall–Kier alpha value is -0.820. The van der Waals surface area contributed by atoms with E-state index in [2.05, 4.69) is 26.6 Å². The van der Waals surface area contributed by atoms with Gasteiger partial charge in [0.15, 0.2) is 5.82 Å². The van der Waals surface area contributed by atoms with Crippen LogP contribution in [0.4, 0.5) is 11.8 Å². The molecule has 136 valence electrons. The summed E-state index contributed by atoms with van der Waals surface area (Å²) in [6.45, 7) is 3.84. The second kappa shape index (κ2) is 10.9. The fraction of sp³-hybridized carbons (Fsp3) is 0.625. The number of aromatic nitrogens is 2. The van der Waals surface area contributed by atoms with Crippen molar-refractivity contribution >= 4 is 58.1 Å². The third-order valence-corrected chi connectivity index (χ3v) is 5.00. The van der Waals surface area contributed by atoms with Gasteiger partial charge in [0.25, 0.3) is 0 Å². The molecule has 2 aromatic heterocycles. The van der Waals surface area contributed by atoms with Crippen molar-refractivity contribution in [3.8, 4) is 0 Å². The second-order valence-electron chi connectivity index (χ2n) is 5.83. The van der Waals surface area contributed by atoms with Crippen molar-refractivity contribution in [1.82, 2.24) is 9.97 Å². The van der Waals surface area contributed by atoms with E-state index in [9.17, 15) is 0 Å². The molecule has 3 heterocycles. The SMILES string of the molecule is Cl.Cl.NCCCCNc1nc(N2CCCCCC2)c2sccc2n1. The van der Waals surface area contributed by atoms with Gasteiger partial charge in [-0.3, -0.25) is 0 Å². The van der Waals surface area contributed by atoms with E-state index in [1.165, 1.54) is 30.4 Å². The molecule has 0 spiro atoms. The largest absolute Gasteiger partial charge is 0.355 e. The van der Waals surface area contributed by atoms with Crippen LogP contribution in [0.1, 0.15) is 38.5 Å². The van der Waals surface area contributed by atoms with E-state index in [0.29, 0.717) is 0 Å². The van der Waals surface area contributed by atoms with Gasteiger partial charge in [-0.15, -0.1) is 36.2 Å². The van der Waals surface area contributed by atoms with E-state index in [1.54, 1.807) is 11.3 Å². The van der Waals surface area contributed by atoms with Crippen molar-refractivity contribution in [2.24, 2.45) is 5.73 Å². The number of fused-ring (bicyclic) bond motifs is 1. The van der Waals surface area contributed by atoms with E-state index < -0.39 is 0 Å². The topological polar surface area (TPSA) is 67.1 Å². The summed E-state index contributed by atoms with van der Waals surface area (Å²) in [5.74, 6) is 1.87. The number of hydrogen-bond donors (Lipinski definition) is 2. The number of halogens is 2. The Balaban J connectivity index is 0.00000144. The Morgan fingerprint density at radius 1 is 1.08 bits per heavy atom. The third-order valence-electron chi connectivity index (χ3n) is 4.11. The third kappa shape index (κ3) is 5.34. The summed E-state index contributed by atoms with van der Waals surface area (Å²) in [5.41, 5.74) is 6.60. The first-order valence-electron chi connectivity index (χ1n) is 8.32. The molecule has 2 aromatic rings. The molecule has 3 rings (SSSR count). The molecule has 5 nitrogen and oxygen atoms in total. The number of hydrogen-bond acceptors (Lipinski definition) is 6. The molecule has 0 bridgehead atoms. The van der Waals surface area contributed by atoms with Gasteiger partial charge < -0.3 is 16.0 Å². The zero-order valence-electron chi connectivity index (χ0n) is 13.9. The molecule has 1 aliphatic heterocycles. The maximum Gasteiger partial charge on any atom is 0.225 e. The molecule has 0 amide bonds. The maximum atomic E-state index is 5.54. The van der Waals surface area contributed by atoms with Crippen molar-refractivity contribution in [3.63, 3.8) is 0 Å². The lowest BCUT2D eigenvalue weighted by Gasteiger charge is -2.22. The highest BCUT2D eigenvalue weighted by Gasteiger charge is 2.17. The van der Waals surface area contributed by atoms with Crippen LogP contribution < -0.4 is 16.0 Å². The molecule has 0 saturated carbocycles. The molecular formula is C16H27Cl2N5S. The van der Waals surface area contributed by atoms with Gasteiger partial charge >= 0.3 is 0 Å². The van der Waals surface area contributed by atoms with Gasteiger partial charge in [-0.1, -0.05) is 12.8 Å². The van der Waals surface area contributed by atoms with Crippen molar-refractivity contribution in [3.05, 3.63) is 11.4 Å². The number of unbranched alkanes of at least 4 members (excludes halogenated alkanes) is 1. The Kier molecular flexibility index (Phi) is 9.66. The molecule has 0 aromatic carbocycles. The Morgan fingerprint density at radius 3 is 2.54 bits per heavy atom. The molecule has 24 heavy (non-hydrogen) atoms. The van der Waals surface area contributed by atoms with E-state index in [4.69, 9.17) is 10.7 Å². The summed E-state index contributed by atoms with van der Waals surface area (Å²) in [4.78, 5) is 11.9. The van der Waals surface area contributed by atoms with Gasteiger partial charge in [0.2, 0.25) is 5.95 Å². The average Bonchev–Trinajstić information content (AvgIpc) is 2.84. The normalized spacial score (nSPS) is 14.6. The van der Waals surface area contributed by atoms with E-state index in [-0.39, 0.29) is 24.8 Å². The Labute approximate surface area is 160 Å². The first-order chi connectivity index (χ1) is 10.9. The van der Waals surface area contributed by atoms with Crippen LogP contribution in [0.2, 0.25) is 0 Å². The summed E-state index contributed by atoms with van der Waals surface area (Å²) in [5, 5.41) is 5.47. The van der Waals surface area contributed by atoms with E-state index >= 15 is 0 Å². The fourth-order valence-corrected chi connectivity index (χ4v) is 3.74. The summed E-state index contributed by atoms with van der Waals surface area (Å²) >= 11 is 1.74. The first-order valence-corrected chi connectivity index (χ1v) is 9.20. The standard InChI is InChI=1S/C16H25N5S.2ClH/c17-8-3-4-9-18-16-19-13-7-12-22-14(13)15(20-16)21-10-5-1-2-6-11-21;;/h7,12H,1-6,8-11,17H2,(H,18,19,20);2*1H. The molecule has 8 heteroatoms. The van der Waals surface area contributed by atoms with Crippen LogP contribution in [-0.2, 0) is 0 Å². The van der Waals surface area contributed by atoms with E-state index in [0.717, 1.165) is 56.3 Å². The van der Waals surface area contributed by atoms with Crippen molar-refractivity contribution in [2.45, 2.75) is 38.5 Å². The Bertz CT molecular complexity index is 599. The number of nitrogens with one attached hydrogen (secondary N) is 1. The van der Waals surface area contributed by atoms with Crippen LogP contribution in [0, 0.1) is 0 Å². The number of anilines is 2. The van der Waals surface area contributed by atoms with Crippen LogP contribution >= 0.6 is 36.2 Å². The molecule has 0 unspecified atom stereocenters. The van der Waals surface area contributed by atoms with Gasteiger partial charge in [-0.05, 0) is 43.7 Å². The van der Waals surface area contributed by atoms with Crippen LogP contribution in [0.25, 0.3) is 10.2 Å². The maximum absolute atomic E-state index is 5.54. The van der Waals surface area contributed by atoms with Crippen LogP contribution in [-0.4, -0.2) is 36.1 Å². The lowest BCUT2D eigenvalue weighted by atomic mass is 10.2. The lowest BCUT2D eigenvalue weighted by Crippen LogP contribution is -2.25. The molecule has 1 saturated heterocycles. The number of nitrogens with zero attached hydrogens (tertiary/aromatic N) is 3. The number of nitrogens with two attached hydrogens (primary N) is 1. The summed E-state index contributed by atoms with van der Waals surface area (Å²) in [6.07, 6.45) is 7.28. The minimum Gasteiger partial charge on any atom is -0.355 e. The molecule has 1 fully saturated rings. The van der Waals surface area contributed by atoms with Crippen molar-refractivity contribution in [1.29, 1.82) is 0 Å². The number of rotatable bonds is 6. The predicted molar refractivity (Wildman–Crippen MR) is 109 cm³/mol. The molecule has 0 aliphatic carbocycles. The zero-order valence-corrected chi connectivity index (χ0v) is 16.3. The summed E-state index contributed by atoms with van der Waals surface area (Å²) in [7, 11) is 0. The monoisotopic (exact) mass is 391 g/mol. The summed E-state index contributed by atoms with van der Waals surface area (Å²) < 4.78 is 1.22. The average molecular weight is 392 g/mol. The summed E-state index contributed by atoms with van der Waals surface area (Å²) in [6, 6.07) is 2.09. The first kappa shape index (κ1) is 21.2. The highest BCUT2D eigenvalue weighted by molar-refractivity contribution is 7.17. The smallest absolute Gasteiger partial charge is 0.225 e. The van der Waals surface area contributed by atoms with Gasteiger partial charge in [0.1, 0.15) is 0 Å². The van der Waals surface area contributed by atoms with Crippen LogP contribution in [0.15, 0.2) is 11.4 Å². The Morgan fingerprint density at radius 2 is 1.83 bits per heavy atom. The minimum absolute atomic E-state index is 0. The van der Waals surface area contributed by atoms with Crippen molar-refractivity contribution < 1.29 is 0 Å². The highest BCUT2D eigenvalue weighted by Crippen LogP contribution is 2.31. The molecule has 0 radical (unpaired) electrons. The molecular weight excluding hydrogens is 365 g/mol. The molecule has 1 aliphatic rings. The van der Waals surface area contributed by atoms with E-state index in [1.807, 2.05) is 0 Å². The van der Waals surface area contributed by atoms with Crippen LogP contribution in [0.5, 0.6) is 0 Å². The van der Waals surface area contributed by atoms with Crippen LogP contribution in [0.3, 0.4) is 0 Å². The van der Waals surface area contributed by atoms with Crippen molar-refractivity contribution in [2.75, 3.05) is 36.4 Å². The molecule has 3 N–H and O–H groups in total. The fourth-order valence-electron chi connectivity index (χ4n) is 2.89. The minimum atomic E-state index is 0. The molecule has 0 atom stereocenters. The highest BCUT2D eigenvalue weighted by atomic mass is 35.5. The lowest BCUT2D eigenvalue weighted by molar-refractivity contribution is 0.726. The van der Waals surface area contributed by atoms with Gasteiger partial charge in [-0.2, -0.15) is 4.98 Å². The van der Waals surface area contributed by atoms with Gasteiger partial charge in [0.05, 0.1) is 10.2 Å². The zero-order chi connectivity index (χ0) is 15.2. The van der Waals surface area contributed by atoms with Gasteiger partial charge in [0, 0.05) is 19.6 Å². The van der Waals surface area contributed by atoms with Gasteiger partial charge in [-0.25, -0.2) is 4.98 Å². The quantitative estimate of drug-likeness (QED) is 0.726. The second-order valence-corrected chi connectivity index (χ2v) is 6.75. The predicted octanol–water partition coefficient (Wildman–Crippen LogP) is 4.07. The number of thiophene rings is 1.